The van der Waals surface area contributed by atoms with Gasteiger partial charge < -0.3 is 19.9 Å². The molecule has 26 heavy (non-hydrogen) atoms. The van der Waals surface area contributed by atoms with Gasteiger partial charge >= 0.3 is 0 Å². The highest BCUT2D eigenvalue weighted by atomic mass is 16.5. The minimum Gasteiger partial charge on any atom is -0.495 e. The van der Waals surface area contributed by atoms with Crippen molar-refractivity contribution in [3.05, 3.63) is 60.3 Å². The topological polar surface area (TPSA) is 74.4 Å². The van der Waals surface area contributed by atoms with Crippen molar-refractivity contribution in [1.29, 1.82) is 0 Å². The molecule has 0 radical (unpaired) electrons. The maximum Gasteiger partial charge on any atom is 0.256 e. The Hall–Kier alpha value is -3.28. The van der Waals surface area contributed by atoms with Crippen LogP contribution in [0, 0.1) is 5.92 Å². The molecular formula is C20H19N3O3. The normalized spacial score (nSPS) is 14.1. The molecule has 4 rings (SSSR count). The molecule has 132 valence electrons. The SMILES string of the molecule is COc1ccccc1NC(=O)C1CN(C(=O)c2c[nH]c3ccccc23)C1. The minimum atomic E-state index is -0.214. The molecule has 2 heterocycles. The Labute approximate surface area is 150 Å². The van der Waals surface area contributed by atoms with Crippen LogP contribution in [0.1, 0.15) is 10.4 Å². The molecule has 3 aromatic rings. The van der Waals surface area contributed by atoms with Gasteiger partial charge in [0.25, 0.3) is 5.91 Å². The second-order valence-corrected chi connectivity index (χ2v) is 6.34. The maximum atomic E-state index is 12.7. The molecule has 0 aliphatic carbocycles. The maximum absolute atomic E-state index is 12.7. The third-order valence-electron chi connectivity index (χ3n) is 4.72. The number of carbonyl (C=O) groups is 2. The highest BCUT2D eigenvalue weighted by Gasteiger charge is 2.36. The van der Waals surface area contributed by atoms with E-state index in [1.54, 1.807) is 30.3 Å². The summed E-state index contributed by atoms with van der Waals surface area (Å²) in [5.74, 6) is 0.252. The fourth-order valence-electron chi connectivity index (χ4n) is 3.21. The van der Waals surface area contributed by atoms with Crippen LogP contribution >= 0.6 is 0 Å². The molecule has 0 spiro atoms. The molecule has 0 unspecified atom stereocenters. The summed E-state index contributed by atoms with van der Waals surface area (Å²) < 4.78 is 5.24. The van der Waals surface area contributed by atoms with Crippen molar-refractivity contribution in [3.8, 4) is 5.75 Å². The summed E-state index contributed by atoms with van der Waals surface area (Å²) in [6.45, 7) is 0.832. The third kappa shape index (κ3) is 2.79. The van der Waals surface area contributed by atoms with Crippen LogP contribution in [0.3, 0.4) is 0 Å². The van der Waals surface area contributed by atoms with Gasteiger partial charge in [0.15, 0.2) is 0 Å². The van der Waals surface area contributed by atoms with Gasteiger partial charge in [-0.2, -0.15) is 0 Å². The predicted octanol–water partition coefficient (Wildman–Crippen LogP) is 2.89. The first kappa shape index (κ1) is 16.2. The van der Waals surface area contributed by atoms with E-state index < -0.39 is 0 Å². The lowest BCUT2D eigenvalue weighted by atomic mass is 9.97. The molecule has 0 atom stereocenters. The number of rotatable bonds is 4. The van der Waals surface area contributed by atoms with Crippen molar-refractivity contribution >= 4 is 28.4 Å². The van der Waals surface area contributed by atoms with Gasteiger partial charge in [-0.05, 0) is 18.2 Å². The van der Waals surface area contributed by atoms with Crippen LogP contribution in [0.5, 0.6) is 5.75 Å². The number of carbonyl (C=O) groups excluding carboxylic acids is 2. The Morgan fingerprint density at radius 2 is 1.85 bits per heavy atom. The number of benzene rings is 2. The molecule has 1 saturated heterocycles. The molecule has 0 saturated carbocycles. The lowest BCUT2D eigenvalue weighted by Gasteiger charge is -2.38. The number of ether oxygens (including phenoxy) is 1. The van der Waals surface area contributed by atoms with Crippen LogP contribution in [0.2, 0.25) is 0 Å². The summed E-state index contributed by atoms with van der Waals surface area (Å²) in [5, 5.41) is 3.78. The van der Waals surface area contributed by atoms with Gasteiger partial charge in [0.1, 0.15) is 5.75 Å². The number of amides is 2. The largest absolute Gasteiger partial charge is 0.495 e. The van der Waals surface area contributed by atoms with Crippen LogP contribution in [0.4, 0.5) is 5.69 Å². The number of para-hydroxylation sites is 3. The molecule has 0 bridgehead atoms. The average molecular weight is 349 g/mol. The van der Waals surface area contributed by atoms with Crippen LogP contribution in [-0.4, -0.2) is 41.9 Å². The van der Waals surface area contributed by atoms with Gasteiger partial charge in [0.05, 0.1) is 24.3 Å². The number of methoxy groups -OCH3 is 1. The lowest BCUT2D eigenvalue weighted by molar-refractivity contribution is -0.123. The Balaban J connectivity index is 1.40. The minimum absolute atomic E-state index is 0.0520. The molecule has 6 heteroatoms. The summed E-state index contributed by atoms with van der Waals surface area (Å²) in [6, 6.07) is 15.0. The van der Waals surface area contributed by atoms with Crippen LogP contribution < -0.4 is 10.1 Å². The number of aromatic amines is 1. The molecule has 1 fully saturated rings. The number of anilines is 1. The number of H-pyrrole nitrogens is 1. The summed E-state index contributed by atoms with van der Waals surface area (Å²) in [4.78, 5) is 29.9. The van der Waals surface area contributed by atoms with E-state index in [0.29, 0.717) is 30.1 Å². The van der Waals surface area contributed by atoms with E-state index in [1.807, 2.05) is 36.4 Å². The molecule has 1 aliphatic heterocycles. The van der Waals surface area contributed by atoms with Gasteiger partial charge in [-0.1, -0.05) is 30.3 Å². The van der Waals surface area contributed by atoms with E-state index >= 15 is 0 Å². The first-order valence-electron chi connectivity index (χ1n) is 8.46. The first-order chi connectivity index (χ1) is 12.7. The summed E-state index contributed by atoms with van der Waals surface area (Å²) in [5.41, 5.74) is 2.22. The standard InChI is InChI=1S/C20H19N3O3/c1-26-18-9-5-4-8-17(18)22-19(24)13-11-23(12-13)20(25)15-10-21-16-7-3-2-6-14(15)16/h2-10,13,21H,11-12H2,1H3,(H,22,24). The quantitative estimate of drug-likeness (QED) is 0.760. The van der Waals surface area contributed by atoms with Gasteiger partial charge in [0, 0.05) is 30.2 Å². The van der Waals surface area contributed by atoms with Crippen molar-refractivity contribution in [2.75, 3.05) is 25.5 Å². The van der Waals surface area contributed by atoms with Gasteiger partial charge in [-0.25, -0.2) is 0 Å². The third-order valence-corrected chi connectivity index (χ3v) is 4.72. The smallest absolute Gasteiger partial charge is 0.256 e. The Morgan fingerprint density at radius 3 is 2.65 bits per heavy atom. The van der Waals surface area contributed by atoms with Crippen LogP contribution in [0.25, 0.3) is 10.9 Å². The first-order valence-corrected chi connectivity index (χ1v) is 8.46. The van der Waals surface area contributed by atoms with Gasteiger partial charge in [0.2, 0.25) is 5.91 Å². The van der Waals surface area contributed by atoms with E-state index in [-0.39, 0.29) is 17.7 Å². The second kappa shape index (κ2) is 6.55. The summed E-state index contributed by atoms with van der Waals surface area (Å²) in [7, 11) is 1.57. The zero-order valence-electron chi connectivity index (χ0n) is 14.4. The monoisotopic (exact) mass is 349 g/mol. The van der Waals surface area contributed by atoms with E-state index in [1.165, 1.54) is 0 Å². The van der Waals surface area contributed by atoms with E-state index in [2.05, 4.69) is 10.3 Å². The number of aromatic nitrogens is 1. The van der Waals surface area contributed by atoms with E-state index in [9.17, 15) is 9.59 Å². The number of hydrogen-bond acceptors (Lipinski definition) is 3. The highest BCUT2D eigenvalue weighted by molar-refractivity contribution is 6.07. The summed E-state index contributed by atoms with van der Waals surface area (Å²) in [6.07, 6.45) is 1.73. The fraction of sp³-hybridized carbons (Fsp3) is 0.200. The second-order valence-electron chi connectivity index (χ2n) is 6.34. The number of nitrogens with zero attached hydrogens (tertiary/aromatic N) is 1. The number of likely N-dealkylation sites (tertiary alicyclic amines) is 1. The van der Waals surface area contributed by atoms with Gasteiger partial charge in [-0.15, -0.1) is 0 Å². The van der Waals surface area contributed by atoms with Crippen LogP contribution in [-0.2, 0) is 4.79 Å². The Kier molecular flexibility index (Phi) is 4.08. The molecule has 2 aromatic carbocycles. The van der Waals surface area contributed by atoms with Crippen molar-refractivity contribution < 1.29 is 14.3 Å². The zero-order chi connectivity index (χ0) is 18.1. The number of fused-ring (bicyclic) bond motifs is 1. The Bertz CT molecular complexity index is 973. The molecule has 2 amide bonds. The number of hydrogen-bond donors (Lipinski definition) is 2. The lowest BCUT2D eigenvalue weighted by Crippen LogP contribution is -2.54. The molecule has 1 aromatic heterocycles. The van der Waals surface area contributed by atoms with Crippen molar-refractivity contribution in [2.45, 2.75) is 0 Å². The predicted molar refractivity (Wildman–Crippen MR) is 99.3 cm³/mol. The van der Waals surface area contributed by atoms with Gasteiger partial charge in [-0.3, -0.25) is 9.59 Å². The van der Waals surface area contributed by atoms with Crippen molar-refractivity contribution in [3.63, 3.8) is 0 Å². The number of nitrogens with one attached hydrogen (secondary N) is 2. The summed E-state index contributed by atoms with van der Waals surface area (Å²) >= 11 is 0. The fourth-order valence-corrected chi connectivity index (χ4v) is 3.21. The highest BCUT2D eigenvalue weighted by Crippen LogP contribution is 2.27. The average Bonchev–Trinajstić information content (AvgIpc) is 3.05. The molecule has 1 aliphatic rings. The van der Waals surface area contributed by atoms with Crippen molar-refractivity contribution in [1.82, 2.24) is 9.88 Å². The molecule has 6 nitrogen and oxygen atoms in total. The van der Waals surface area contributed by atoms with E-state index in [4.69, 9.17) is 4.74 Å². The zero-order valence-corrected chi connectivity index (χ0v) is 14.4. The molecule has 2 N–H and O–H groups in total. The van der Waals surface area contributed by atoms with Crippen molar-refractivity contribution in [2.24, 2.45) is 5.92 Å². The Morgan fingerprint density at radius 1 is 1.12 bits per heavy atom. The van der Waals surface area contributed by atoms with E-state index in [0.717, 1.165) is 10.9 Å². The molecular weight excluding hydrogens is 330 g/mol. The van der Waals surface area contributed by atoms with Crippen LogP contribution in [0.15, 0.2) is 54.7 Å².